The Bertz CT molecular complexity index is 623. The first kappa shape index (κ1) is 16.0. The maximum Gasteiger partial charge on any atom is 0.224 e. The minimum absolute atomic E-state index is 0.0911. The molecule has 2 heterocycles. The summed E-state index contributed by atoms with van der Waals surface area (Å²) in [5.41, 5.74) is 1.86. The molecule has 1 atom stereocenters. The van der Waals surface area contributed by atoms with Crippen LogP contribution in [0.15, 0.2) is 6.20 Å². The second kappa shape index (κ2) is 6.15. The summed E-state index contributed by atoms with van der Waals surface area (Å²) < 4.78 is 26.2. The molecule has 1 aliphatic heterocycles. The largest absolute Gasteiger partial charge is 0.352 e. The van der Waals surface area contributed by atoms with Crippen molar-refractivity contribution in [3.63, 3.8) is 0 Å². The van der Waals surface area contributed by atoms with Crippen LogP contribution >= 0.6 is 0 Å². The minimum atomic E-state index is -3.22. The molecule has 1 aliphatic rings. The third-order valence-corrected chi connectivity index (χ3v) is 5.06. The van der Waals surface area contributed by atoms with Crippen molar-refractivity contribution in [2.75, 3.05) is 19.3 Å². The zero-order valence-corrected chi connectivity index (χ0v) is 13.5. The minimum Gasteiger partial charge on any atom is -0.352 e. The number of hydrogen-bond acceptors (Lipinski definition) is 4. The number of carbonyl (C=O) groups is 1. The summed E-state index contributed by atoms with van der Waals surface area (Å²) >= 11 is 0. The van der Waals surface area contributed by atoms with Crippen molar-refractivity contribution in [3.05, 3.63) is 17.5 Å². The molecule has 0 aromatic carbocycles. The fraction of sp³-hybridized carbons (Fsp3) is 0.692. The molecule has 0 aliphatic carbocycles. The van der Waals surface area contributed by atoms with E-state index in [9.17, 15) is 13.2 Å². The first-order chi connectivity index (χ1) is 9.77. The van der Waals surface area contributed by atoms with Gasteiger partial charge in [0.2, 0.25) is 15.9 Å². The molecule has 1 amide bonds. The number of aryl methyl sites for hydroxylation is 2. The van der Waals surface area contributed by atoms with Crippen molar-refractivity contribution < 1.29 is 13.2 Å². The number of nitrogens with zero attached hydrogens (tertiary/aromatic N) is 3. The molecule has 0 radical (unpaired) electrons. The lowest BCUT2D eigenvalue weighted by Crippen LogP contribution is -2.44. The number of rotatable bonds is 4. The maximum absolute atomic E-state index is 12.2. The summed E-state index contributed by atoms with van der Waals surface area (Å²) in [6.07, 6.45) is 4.51. The molecule has 118 valence electrons. The van der Waals surface area contributed by atoms with Gasteiger partial charge < -0.3 is 5.32 Å². The molecule has 1 aromatic rings. The van der Waals surface area contributed by atoms with E-state index in [-0.39, 0.29) is 18.4 Å². The lowest BCUT2D eigenvalue weighted by atomic mass is 9.99. The van der Waals surface area contributed by atoms with Crippen LogP contribution < -0.4 is 5.32 Å². The Balaban J connectivity index is 1.93. The van der Waals surface area contributed by atoms with Gasteiger partial charge in [0.05, 0.1) is 17.9 Å². The second-order valence-corrected chi connectivity index (χ2v) is 7.57. The van der Waals surface area contributed by atoms with Crippen LogP contribution in [0.2, 0.25) is 0 Å². The van der Waals surface area contributed by atoms with Gasteiger partial charge in [0.25, 0.3) is 0 Å². The average molecular weight is 314 g/mol. The van der Waals surface area contributed by atoms with Crippen LogP contribution in [0.1, 0.15) is 24.1 Å². The topological polar surface area (TPSA) is 84.3 Å². The van der Waals surface area contributed by atoms with E-state index in [2.05, 4.69) is 10.4 Å². The van der Waals surface area contributed by atoms with E-state index >= 15 is 0 Å². The summed E-state index contributed by atoms with van der Waals surface area (Å²) in [6.45, 7) is 3.10. The van der Waals surface area contributed by atoms with Gasteiger partial charge in [0, 0.05) is 38.4 Å². The van der Waals surface area contributed by atoms with Crippen molar-refractivity contribution in [2.24, 2.45) is 13.0 Å². The number of aromatic nitrogens is 2. The molecule has 7 nitrogen and oxygen atoms in total. The van der Waals surface area contributed by atoms with Crippen LogP contribution in [-0.4, -0.2) is 47.8 Å². The van der Waals surface area contributed by atoms with E-state index in [0.29, 0.717) is 13.1 Å². The number of hydrogen-bond donors (Lipinski definition) is 1. The highest BCUT2D eigenvalue weighted by atomic mass is 32.2. The van der Waals surface area contributed by atoms with Gasteiger partial charge in [-0.05, 0) is 19.8 Å². The molecule has 1 N–H and O–H groups in total. The van der Waals surface area contributed by atoms with E-state index in [0.717, 1.165) is 24.1 Å². The molecule has 21 heavy (non-hydrogen) atoms. The van der Waals surface area contributed by atoms with Gasteiger partial charge in [-0.2, -0.15) is 5.10 Å². The lowest BCUT2D eigenvalue weighted by Gasteiger charge is -2.30. The Kier molecular flexibility index (Phi) is 4.67. The number of carbonyl (C=O) groups excluding carboxylic acids is 1. The fourth-order valence-corrected chi connectivity index (χ4v) is 3.52. The highest BCUT2D eigenvalue weighted by Gasteiger charge is 2.30. The highest BCUT2D eigenvalue weighted by molar-refractivity contribution is 7.88. The number of nitrogens with one attached hydrogen (secondary N) is 1. The van der Waals surface area contributed by atoms with Crippen LogP contribution in [0.4, 0.5) is 0 Å². The smallest absolute Gasteiger partial charge is 0.224 e. The normalized spacial score (nSPS) is 20.4. The maximum atomic E-state index is 12.2. The molecule has 1 saturated heterocycles. The van der Waals surface area contributed by atoms with Gasteiger partial charge in [0.15, 0.2) is 0 Å². The molecule has 2 rings (SSSR count). The molecule has 0 bridgehead atoms. The van der Waals surface area contributed by atoms with Gasteiger partial charge in [-0.25, -0.2) is 12.7 Å². The SMILES string of the molecule is Cc1nn(C)cc1CNC(=O)[C@H]1CCCN(S(C)(=O)=O)C1. The Morgan fingerprint density at radius 1 is 1.52 bits per heavy atom. The predicted molar refractivity (Wildman–Crippen MR) is 78.9 cm³/mol. The zero-order valence-electron chi connectivity index (χ0n) is 12.7. The molecule has 1 fully saturated rings. The van der Waals surface area contributed by atoms with Gasteiger partial charge in [-0.3, -0.25) is 9.48 Å². The molecule has 8 heteroatoms. The zero-order chi connectivity index (χ0) is 15.6. The van der Waals surface area contributed by atoms with Gasteiger partial charge in [-0.1, -0.05) is 0 Å². The summed E-state index contributed by atoms with van der Waals surface area (Å²) in [7, 11) is -1.39. The predicted octanol–water partition coefficient (Wildman–Crippen LogP) is 0.0163. The first-order valence-electron chi connectivity index (χ1n) is 6.99. The van der Waals surface area contributed by atoms with Crippen molar-refractivity contribution in [3.8, 4) is 0 Å². The van der Waals surface area contributed by atoms with E-state index < -0.39 is 10.0 Å². The standard InChI is InChI=1S/C13H22N4O3S/c1-10-12(8-16(2)15-10)7-14-13(18)11-5-4-6-17(9-11)21(3,19)20/h8,11H,4-7,9H2,1-3H3,(H,14,18)/t11-/m0/s1. The molecule has 0 spiro atoms. The van der Waals surface area contributed by atoms with E-state index in [1.165, 1.54) is 10.6 Å². The second-order valence-electron chi connectivity index (χ2n) is 5.59. The van der Waals surface area contributed by atoms with E-state index in [1.54, 1.807) is 4.68 Å². The Labute approximate surface area is 125 Å². The third-order valence-electron chi connectivity index (χ3n) is 3.79. The Morgan fingerprint density at radius 2 is 2.24 bits per heavy atom. The molecule has 0 unspecified atom stereocenters. The monoisotopic (exact) mass is 314 g/mol. The van der Waals surface area contributed by atoms with Crippen LogP contribution in [0.5, 0.6) is 0 Å². The number of sulfonamides is 1. The van der Waals surface area contributed by atoms with Crippen molar-refractivity contribution in [1.29, 1.82) is 0 Å². The lowest BCUT2D eigenvalue weighted by molar-refractivity contribution is -0.126. The summed E-state index contributed by atoms with van der Waals surface area (Å²) in [5.74, 6) is -0.364. The van der Waals surface area contributed by atoms with Crippen molar-refractivity contribution in [1.82, 2.24) is 19.4 Å². The van der Waals surface area contributed by atoms with Gasteiger partial charge in [0.1, 0.15) is 0 Å². The Hall–Kier alpha value is -1.41. The Morgan fingerprint density at radius 3 is 2.81 bits per heavy atom. The van der Waals surface area contributed by atoms with E-state index in [1.807, 2.05) is 20.2 Å². The van der Waals surface area contributed by atoms with E-state index in [4.69, 9.17) is 0 Å². The fourth-order valence-electron chi connectivity index (χ4n) is 2.61. The summed E-state index contributed by atoms with van der Waals surface area (Å²) in [5, 5.41) is 7.10. The summed E-state index contributed by atoms with van der Waals surface area (Å²) in [4.78, 5) is 12.2. The average Bonchev–Trinajstić information content (AvgIpc) is 2.73. The quantitative estimate of drug-likeness (QED) is 0.849. The van der Waals surface area contributed by atoms with Crippen LogP contribution in [0.3, 0.4) is 0 Å². The number of amides is 1. The summed E-state index contributed by atoms with van der Waals surface area (Å²) in [6, 6.07) is 0. The van der Waals surface area contributed by atoms with Crippen LogP contribution in [0.25, 0.3) is 0 Å². The highest BCUT2D eigenvalue weighted by Crippen LogP contribution is 2.19. The molecular formula is C13H22N4O3S. The third kappa shape index (κ3) is 4.04. The first-order valence-corrected chi connectivity index (χ1v) is 8.84. The molecular weight excluding hydrogens is 292 g/mol. The van der Waals surface area contributed by atoms with Crippen LogP contribution in [0, 0.1) is 12.8 Å². The van der Waals surface area contributed by atoms with Crippen molar-refractivity contribution in [2.45, 2.75) is 26.3 Å². The van der Waals surface area contributed by atoms with Crippen LogP contribution in [-0.2, 0) is 28.4 Å². The molecule has 1 aromatic heterocycles. The molecule has 0 saturated carbocycles. The van der Waals surface area contributed by atoms with Gasteiger partial charge in [-0.15, -0.1) is 0 Å². The van der Waals surface area contributed by atoms with Gasteiger partial charge >= 0.3 is 0 Å². The number of piperidine rings is 1. The van der Waals surface area contributed by atoms with Crippen molar-refractivity contribution >= 4 is 15.9 Å².